The van der Waals surface area contributed by atoms with E-state index in [0.717, 1.165) is 34.6 Å². The zero-order valence-electron chi connectivity index (χ0n) is 21.1. The van der Waals surface area contributed by atoms with Gasteiger partial charge in [0, 0.05) is 11.7 Å². The first-order chi connectivity index (χ1) is 15.6. The number of aryl methyl sites for hydroxylation is 2. The highest BCUT2D eigenvalue weighted by atomic mass is 32.2. The second kappa shape index (κ2) is 10.5. The minimum absolute atomic E-state index is 0.0890. The van der Waals surface area contributed by atoms with Crippen LogP contribution in [0.15, 0.2) is 35.6 Å². The lowest BCUT2D eigenvalue weighted by Gasteiger charge is -2.30. The number of carbonyl (C=O) groups excluding carboxylic acids is 2. The van der Waals surface area contributed by atoms with Crippen LogP contribution in [0.2, 0.25) is 0 Å². The Balaban J connectivity index is 1.85. The molecule has 0 saturated heterocycles. The standard InChI is InChI=1S/C28H38O4S/c1-8-32-27(30)25(24-18(3)14-22(15-19(24)4)21-10-11-21)26(29)28(5,6)33-16-20-9-12-23(31-7)17(2)13-20/h9,12,14-15,17,21,25H,8,10-11,13,16H2,1-7H3. The van der Waals surface area contributed by atoms with Gasteiger partial charge in [-0.05, 0) is 88.1 Å². The van der Waals surface area contributed by atoms with Gasteiger partial charge in [0.05, 0.1) is 24.2 Å². The number of carbonyl (C=O) groups is 2. The molecule has 3 rings (SSSR count). The van der Waals surface area contributed by atoms with E-state index in [4.69, 9.17) is 9.47 Å². The normalized spacial score (nSPS) is 19.4. The molecule has 0 aromatic heterocycles. The molecule has 1 aromatic carbocycles. The predicted molar refractivity (Wildman–Crippen MR) is 136 cm³/mol. The molecule has 2 aliphatic rings. The van der Waals surface area contributed by atoms with Crippen molar-refractivity contribution >= 4 is 23.5 Å². The fraction of sp³-hybridized carbons (Fsp3) is 0.571. The van der Waals surface area contributed by atoms with Crippen molar-refractivity contribution in [3.05, 3.63) is 57.9 Å². The summed E-state index contributed by atoms with van der Waals surface area (Å²) in [5, 5.41) is 0. The summed E-state index contributed by atoms with van der Waals surface area (Å²) in [4.78, 5) is 27.0. The van der Waals surface area contributed by atoms with E-state index in [1.165, 1.54) is 24.0 Å². The molecule has 0 heterocycles. The predicted octanol–water partition coefficient (Wildman–Crippen LogP) is 6.40. The number of ketones is 1. The van der Waals surface area contributed by atoms with Crippen molar-refractivity contribution in [3.8, 4) is 0 Å². The number of Topliss-reactive ketones (excluding diaryl/α,β-unsaturated/α-hetero) is 1. The van der Waals surface area contributed by atoms with Gasteiger partial charge < -0.3 is 9.47 Å². The first-order valence-electron chi connectivity index (χ1n) is 12.0. The van der Waals surface area contributed by atoms with E-state index in [2.05, 4.69) is 25.1 Å². The van der Waals surface area contributed by atoms with Crippen molar-refractivity contribution in [2.75, 3.05) is 19.5 Å². The molecule has 0 spiro atoms. The van der Waals surface area contributed by atoms with Crippen LogP contribution >= 0.6 is 11.8 Å². The monoisotopic (exact) mass is 470 g/mol. The highest BCUT2D eigenvalue weighted by molar-refractivity contribution is 8.01. The lowest BCUT2D eigenvalue weighted by Crippen LogP contribution is -2.38. The van der Waals surface area contributed by atoms with Gasteiger partial charge in [0.2, 0.25) is 0 Å². The number of allylic oxidation sites excluding steroid dienone is 3. The largest absolute Gasteiger partial charge is 0.501 e. The molecule has 1 fully saturated rings. The Morgan fingerprint density at radius 2 is 1.79 bits per heavy atom. The summed E-state index contributed by atoms with van der Waals surface area (Å²) in [6, 6.07) is 4.32. The zero-order chi connectivity index (χ0) is 24.3. The van der Waals surface area contributed by atoms with Gasteiger partial charge in [-0.2, -0.15) is 0 Å². The summed E-state index contributed by atoms with van der Waals surface area (Å²) in [5.74, 6) is 1.25. The van der Waals surface area contributed by atoms with E-state index < -0.39 is 16.6 Å². The van der Waals surface area contributed by atoms with E-state index in [1.54, 1.807) is 25.8 Å². The first-order valence-corrected chi connectivity index (χ1v) is 13.0. The minimum Gasteiger partial charge on any atom is -0.501 e. The van der Waals surface area contributed by atoms with Crippen LogP contribution in [-0.4, -0.2) is 36.0 Å². The van der Waals surface area contributed by atoms with Gasteiger partial charge in [-0.3, -0.25) is 9.59 Å². The van der Waals surface area contributed by atoms with Gasteiger partial charge in [0.1, 0.15) is 5.92 Å². The number of rotatable bonds is 10. The van der Waals surface area contributed by atoms with Crippen LogP contribution in [0.1, 0.15) is 81.0 Å². The Hall–Kier alpha value is -2.01. The molecule has 2 atom stereocenters. The average molecular weight is 471 g/mol. The summed E-state index contributed by atoms with van der Waals surface area (Å²) in [6.45, 7) is 12.1. The van der Waals surface area contributed by atoms with Gasteiger partial charge in [-0.15, -0.1) is 11.8 Å². The molecule has 33 heavy (non-hydrogen) atoms. The number of hydrogen-bond donors (Lipinski definition) is 0. The van der Waals surface area contributed by atoms with Gasteiger partial charge >= 0.3 is 5.97 Å². The fourth-order valence-corrected chi connectivity index (χ4v) is 5.71. The lowest BCUT2D eigenvalue weighted by atomic mass is 9.82. The van der Waals surface area contributed by atoms with Crippen molar-refractivity contribution in [3.63, 3.8) is 0 Å². The summed E-state index contributed by atoms with van der Waals surface area (Å²) >= 11 is 1.60. The number of ether oxygens (including phenoxy) is 2. The highest BCUT2D eigenvalue weighted by Crippen LogP contribution is 2.43. The maximum absolute atomic E-state index is 13.9. The van der Waals surface area contributed by atoms with Crippen molar-refractivity contribution in [1.29, 1.82) is 0 Å². The van der Waals surface area contributed by atoms with E-state index in [0.29, 0.717) is 11.8 Å². The Kier molecular flexibility index (Phi) is 8.15. The second-order valence-corrected chi connectivity index (χ2v) is 11.5. The summed E-state index contributed by atoms with van der Waals surface area (Å²) in [7, 11) is 1.70. The first kappa shape index (κ1) is 25.6. The van der Waals surface area contributed by atoms with Crippen LogP contribution in [0.3, 0.4) is 0 Å². The van der Waals surface area contributed by atoms with Crippen LogP contribution in [-0.2, 0) is 19.1 Å². The number of hydrogen-bond acceptors (Lipinski definition) is 5. The van der Waals surface area contributed by atoms with Crippen LogP contribution in [0.4, 0.5) is 0 Å². The molecule has 1 saturated carbocycles. The minimum atomic E-state index is -0.903. The third-order valence-electron chi connectivity index (χ3n) is 6.72. The third kappa shape index (κ3) is 5.92. The van der Waals surface area contributed by atoms with Gasteiger partial charge in [-0.25, -0.2) is 0 Å². The fourth-order valence-electron chi connectivity index (χ4n) is 4.69. The molecule has 2 aliphatic carbocycles. The zero-order valence-corrected chi connectivity index (χ0v) is 21.9. The Labute approximate surface area is 203 Å². The average Bonchev–Trinajstić information content (AvgIpc) is 3.60. The van der Waals surface area contributed by atoms with Gasteiger partial charge in [0.15, 0.2) is 5.78 Å². The van der Waals surface area contributed by atoms with Gasteiger partial charge in [-0.1, -0.05) is 30.7 Å². The van der Waals surface area contributed by atoms with Crippen molar-refractivity contribution in [1.82, 2.24) is 0 Å². The molecule has 2 unspecified atom stereocenters. The van der Waals surface area contributed by atoms with Crippen molar-refractivity contribution in [2.24, 2.45) is 5.92 Å². The van der Waals surface area contributed by atoms with Crippen LogP contribution in [0.25, 0.3) is 0 Å². The number of thioether (sulfide) groups is 1. The number of benzene rings is 1. The molecule has 5 heteroatoms. The third-order valence-corrected chi connectivity index (χ3v) is 8.16. The lowest BCUT2D eigenvalue weighted by molar-refractivity contribution is -0.148. The topological polar surface area (TPSA) is 52.6 Å². The Bertz CT molecular complexity index is 945. The number of esters is 1. The Morgan fingerprint density at radius 3 is 2.30 bits per heavy atom. The second-order valence-electron chi connectivity index (χ2n) is 9.89. The van der Waals surface area contributed by atoms with Crippen LogP contribution in [0.5, 0.6) is 0 Å². The molecule has 0 N–H and O–H groups in total. The van der Waals surface area contributed by atoms with Crippen LogP contribution in [0, 0.1) is 19.8 Å². The van der Waals surface area contributed by atoms with E-state index in [-0.39, 0.29) is 12.4 Å². The maximum atomic E-state index is 13.9. The van der Waals surface area contributed by atoms with E-state index >= 15 is 0 Å². The Morgan fingerprint density at radius 1 is 1.15 bits per heavy atom. The molecule has 0 bridgehead atoms. The van der Waals surface area contributed by atoms with Gasteiger partial charge in [0.25, 0.3) is 0 Å². The molecule has 180 valence electrons. The van der Waals surface area contributed by atoms with Crippen molar-refractivity contribution in [2.45, 2.75) is 77.4 Å². The molecule has 0 aliphatic heterocycles. The molecule has 0 amide bonds. The maximum Gasteiger partial charge on any atom is 0.321 e. The molecule has 1 aromatic rings. The van der Waals surface area contributed by atoms with E-state index in [9.17, 15) is 9.59 Å². The number of methoxy groups -OCH3 is 1. The smallest absolute Gasteiger partial charge is 0.321 e. The highest BCUT2D eigenvalue weighted by Gasteiger charge is 2.42. The summed E-state index contributed by atoms with van der Waals surface area (Å²) < 4.78 is 10.1. The summed E-state index contributed by atoms with van der Waals surface area (Å²) in [5.41, 5.74) is 5.42. The summed E-state index contributed by atoms with van der Waals surface area (Å²) in [6.07, 6.45) is 7.48. The van der Waals surface area contributed by atoms with E-state index in [1.807, 2.05) is 33.8 Å². The molecular weight excluding hydrogens is 432 g/mol. The van der Waals surface area contributed by atoms with Crippen molar-refractivity contribution < 1.29 is 19.1 Å². The molecule has 0 radical (unpaired) electrons. The van der Waals surface area contributed by atoms with Crippen LogP contribution < -0.4 is 0 Å². The SMILES string of the molecule is CCOC(=O)C(C(=O)C(C)(C)SCC1=CC=C(OC)C(C)C1)c1c(C)cc(C2CC2)cc1C. The molecular formula is C28H38O4S. The molecule has 4 nitrogen and oxygen atoms in total. The quantitative estimate of drug-likeness (QED) is 0.292.